The van der Waals surface area contributed by atoms with Gasteiger partial charge in [0, 0.05) is 17.8 Å². The molecule has 1 unspecified atom stereocenters. The molecule has 3 aromatic rings. The van der Waals surface area contributed by atoms with Crippen molar-refractivity contribution in [2.24, 2.45) is 0 Å². The Kier molecular flexibility index (Phi) is 4.14. The minimum atomic E-state index is -0.746. The van der Waals surface area contributed by atoms with E-state index in [-0.39, 0.29) is 12.5 Å². The molecule has 4 rings (SSSR count). The number of pyridine rings is 1. The van der Waals surface area contributed by atoms with Crippen LogP contribution in [0.1, 0.15) is 0 Å². The van der Waals surface area contributed by atoms with Crippen molar-refractivity contribution in [3.63, 3.8) is 0 Å². The molecule has 1 atom stereocenters. The summed E-state index contributed by atoms with van der Waals surface area (Å²) in [4.78, 5) is 16.8. The van der Waals surface area contributed by atoms with Gasteiger partial charge in [-0.2, -0.15) is 5.10 Å². The molecule has 2 N–H and O–H groups in total. The summed E-state index contributed by atoms with van der Waals surface area (Å²) in [5.74, 6) is 1.38. The highest BCUT2D eigenvalue weighted by atomic mass is 16.6. The molecule has 1 amide bonds. The van der Waals surface area contributed by atoms with Gasteiger partial charge < -0.3 is 19.5 Å². The highest BCUT2D eigenvalue weighted by molar-refractivity contribution is 5.95. The molecule has 0 aliphatic carbocycles. The van der Waals surface area contributed by atoms with E-state index in [1.54, 1.807) is 43.9 Å². The SMILES string of the molecule is COc1cc(NC(=O)C2COc3ccccc3O2)cnc1-c1cn[nH]c1. The third-order valence-electron chi connectivity index (χ3n) is 3.91. The van der Waals surface area contributed by atoms with Crippen molar-refractivity contribution in [1.82, 2.24) is 15.2 Å². The van der Waals surface area contributed by atoms with Crippen molar-refractivity contribution in [2.45, 2.75) is 6.10 Å². The zero-order valence-corrected chi connectivity index (χ0v) is 13.9. The van der Waals surface area contributed by atoms with Gasteiger partial charge >= 0.3 is 0 Å². The Balaban J connectivity index is 1.50. The molecule has 0 saturated heterocycles. The smallest absolute Gasteiger partial charge is 0.269 e. The lowest BCUT2D eigenvalue weighted by Crippen LogP contribution is -2.40. The van der Waals surface area contributed by atoms with Crippen molar-refractivity contribution in [2.75, 3.05) is 19.0 Å². The second kappa shape index (κ2) is 6.75. The maximum absolute atomic E-state index is 12.5. The van der Waals surface area contributed by atoms with Gasteiger partial charge in [0.25, 0.3) is 5.91 Å². The molecule has 2 aromatic heterocycles. The third-order valence-corrected chi connectivity index (χ3v) is 3.91. The summed E-state index contributed by atoms with van der Waals surface area (Å²) in [6.45, 7) is 0.139. The number of hydrogen-bond acceptors (Lipinski definition) is 6. The second-order valence-electron chi connectivity index (χ2n) is 5.62. The van der Waals surface area contributed by atoms with Gasteiger partial charge in [0.05, 0.1) is 25.2 Å². The molecule has 0 spiro atoms. The zero-order chi connectivity index (χ0) is 17.9. The molecule has 8 nitrogen and oxygen atoms in total. The highest BCUT2D eigenvalue weighted by Crippen LogP contribution is 2.32. The summed E-state index contributed by atoms with van der Waals surface area (Å²) in [5, 5.41) is 9.42. The lowest BCUT2D eigenvalue weighted by molar-refractivity contribution is -0.125. The molecule has 3 heterocycles. The number of carbonyl (C=O) groups excluding carboxylic acids is 1. The van der Waals surface area contributed by atoms with Crippen molar-refractivity contribution < 1.29 is 19.0 Å². The Hall–Kier alpha value is -3.55. The molecule has 0 fully saturated rings. The van der Waals surface area contributed by atoms with E-state index in [4.69, 9.17) is 14.2 Å². The number of aromatic nitrogens is 3. The van der Waals surface area contributed by atoms with Gasteiger partial charge in [-0.05, 0) is 12.1 Å². The van der Waals surface area contributed by atoms with Crippen LogP contribution in [0.25, 0.3) is 11.3 Å². The third kappa shape index (κ3) is 3.04. The quantitative estimate of drug-likeness (QED) is 0.747. The first-order valence-electron chi connectivity index (χ1n) is 7.97. The van der Waals surface area contributed by atoms with E-state index in [9.17, 15) is 4.79 Å². The maximum Gasteiger partial charge on any atom is 0.269 e. The van der Waals surface area contributed by atoms with Crippen LogP contribution in [-0.4, -0.2) is 40.9 Å². The van der Waals surface area contributed by atoms with Gasteiger partial charge in [-0.25, -0.2) is 0 Å². The number of anilines is 1. The average molecular weight is 352 g/mol. The number of amides is 1. The Labute approximate surface area is 149 Å². The normalized spacial score (nSPS) is 15.3. The Morgan fingerprint density at radius 1 is 1.31 bits per heavy atom. The fourth-order valence-electron chi connectivity index (χ4n) is 2.64. The van der Waals surface area contributed by atoms with Crippen LogP contribution in [0, 0.1) is 0 Å². The largest absolute Gasteiger partial charge is 0.494 e. The van der Waals surface area contributed by atoms with Crippen LogP contribution in [0.5, 0.6) is 17.2 Å². The molecule has 0 saturated carbocycles. The van der Waals surface area contributed by atoms with Crippen molar-refractivity contribution >= 4 is 11.6 Å². The van der Waals surface area contributed by atoms with Crippen LogP contribution in [0.15, 0.2) is 48.9 Å². The number of benzene rings is 1. The topological polar surface area (TPSA) is 98.4 Å². The number of methoxy groups -OCH3 is 1. The van der Waals surface area contributed by atoms with E-state index in [0.29, 0.717) is 28.6 Å². The summed E-state index contributed by atoms with van der Waals surface area (Å²) in [6.07, 6.45) is 4.17. The molecule has 0 bridgehead atoms. The Bertz CT molecular complexity index is 927. The average Bonchev–Trinajstić information content (AvgIpc) is 3.22. The van der Waals surface area contributed by atoms with Gasteiger partial charge in [-0.1, -0.05) is 12.1 Å². The molecule has 1 aliphatic rings. The van der Waals surface area contributed by atoms with Gasteiger partial charge in [0.2, 0.25) is 6.10 Å². The lowest BCUT2D eigenvalue weighted by Gasteiger charge is -2.25. The zero-order valence-electron chi connectivity index (χ0n) is 13.9. The molecule has 1 aliphatic heterocycles. The predicted octanol–water partition coefficient (Wildman–Crippen LogP) is 2.26. The van der Waals surface area contributed by atoms with E-state index in [0.717, 1.165) is 5.56 Å². The van der Waals surface area contributed by atoms with E-state index in [1.807, 2.05) is 12.1 Å². The van der Waals surface area contributed by atoms with E-state index in [2.05, 4.69) is 20.5 Å². The summed E-state index contributed by atoms with van der Waals surface area (Å²) in [6, 6.07) is 8.94. The van der Waals surface area contributed by atoms with Crippen LogP contribution in [0.4, 0.5) is 5.69 Å². The number of aromatic amines is 1. The fourth-order valence-corrected chi connectivity index (χ4v) is 2.64. The Morgan fingerprint density at radius 2 is 2.15 bits per heavy atom. The summed E-state index contributed by atoms with van der Waals surface area (Å²) >= 11 is 0. The fraction of sp³-hybridized carbons (Fsp3) is 0.167. The summed E-state index contributed by atoms with van der Waals surface area (Å²) < 4.78 is 16.6. The van der Waals surface area contributed by atoms with Crippen LogP contribution < -0.4 is 19.5 Å². The first-order valence-corrected chi connectivity index (χ1v) is 7.97. The number of rotatable bonds is 4. The molecule has 132 valence electrons. The summed E-state index contributed by atoms with van der Waals surface area (Å²) in [5.41, 5.74) is 1.92. The summed E-state index contributed by atoms with van der Waals surface area (Å²) in [7, 11) is 1.54. The van der Waals surface area contributed by atoms with Crippen LogP contribution >= 0.6 is 0 Å². The standard InChI is InChI=1S/C18H16N4O4/c1-24-15-6-12(9-19-17(15)11-7-20-21-8-11)22-18(23)16-10-25-13-4-2-3-5-14(13)26-16/h2-9,16H,10H2,1H3,(H,20,21)(H,22,23). The number of carbonyl (C=O) groups is 1. The van der Waals surface area contributed by atoms with Gasteiger partial charge in [0.1, 0.15) is 18.1 Å². The van der Waals surface area contributed by atoms with Crippen molar-refractivity contribution in [3.05, 3.63) is 48.9 Å². The number of hydrogen-bond donors (Lipinski definition) is 2. The molecule has 8 heteroatoms. The van der Waals surface area contributed by atoms with E-state index < -0.39 is 6.10 Å². The predicted molar refractivity (Wildman–Crippen MR) is 93.4 cm³/mol. The van der Waals surface area contributed by atoms with Crippen LogP contribution in [0.3, 0.4) is 0 Å². The number of ether oxygens (including phenoxy) is 3. The monoisotopic (exact) mass is 352 g/mol. The van der Waals surface area contributed by atoms with Crippen molar-refractivity contribution in [1.29, 1.82) is 0 Å². The first-order chi connectivity index (χ1) is 12.7. The second-order valence-corrected chi connectivity index (χ2v) is 5.62. The molecular formula is C18H16N4O4. The van der Waals surface area contributed by atoms with Crippen LogP contribution in [0.2, 0.25) is 0 Å². The minimum Gasteiger partial charge on any atom is -0.494 e. The number of H-pyrrole nitrogens is 1. The molecule has 26 heavy (non-hydrogen) atoms. The maximum atomic E-state index is 12.5. The number of nitrogens with one attached hydrogen (secondary N) is 2. The van der Waals surface area contributed by atoms with Crippen LogP contribution in [-0.2, 0) is 4.79 Å². The Morgan fingerprint density at radius 3 is 2.92 bits per heavy atom. The van der Waals surface area contributed by atoms with Gasteiger partial charge in [-0.15, -0.1) is 0 Å². The molecule has 0 radical (unpaired) electrons. The van der Waals surface area contributed by atoms with E-state index in [1.165, 1.54) is 0 Å². The first kappa shape index (κ1) is 15.9. The number of fused-ring (bicyclic) bond motifs is 1. The van der Waals surface area contributed by atoms with Gasteiger partial charge in [-0.3, -0.25) is 14.9 Å². The molecule has 1 aromatic carbocycles. The van der Waals surface area contributed by atoms with E-state index >= 15 is 0 Å². The number of nitrogens with zero attached hydrogens (tertiary/aromatic N) is 2. The van der Waals surface area contributed by atoms with Gasteiger partial charge in [0.15, 0.2) is 11.5 Å². The molecular weight excluding hydrogens is 336 g/mol. The lowest BCUT2D eigenvalue weighted by atomic mass is 10.2. The number of para-hydroxylation sites is 2. The van der Waals surface area contributed by atoms with Crippen molar-refractivity contribution in [3.8, 4) is 28.5 Å². The minimum absolute atomic E-state index is 0.139. The highest BCUT2D eigenvalue weighted by Gasteiger charge is 2.27.